The molecule has 0 atom stereocenters. The van der Waals surface area contributed by atoms with Crippen LogP contribution in [0.15, 0.2) is 18.2 Å². The van der Waals surface area contributed by atoms with E-state index in [0.717, 1.165) is 6.07 Å². The third kappa shape index (κ3) is 3.41. The van der Waals surface area contributed by atoms with E-state index in [9.17, 15) is 18.8 Å². The van der Waals surface area contributed by atoms with Gasteiger partial charge < -0.3 is 21.5 Å². The maximum Gasteiger partial charge on any atom is 0.252 e. The van der Waals surface area contributed by atoms with Crippen LogP contribution in [0.3, 0.4) is 0 Å². The van der Waals surface area contributed by atoms with E-state index in [2.05, 4.69) is 4.74 Å². The second-order valence-corrected chi connectivity index (χ2v) is 3.56. The van der Waals surface area contributed by atoms with E-state index in [1.165, 1.54) is 19.2 Å². The highest BCUT2D eigenvalue weighted by molar-refractivity contribution is 6.08. The number of methoxy groups -OCH3 is 1. The maximum atomic E-state index is 13.4. The normalized spacial score (nSPS) is 10.1. The fourth-order valence-corrected chi connectivity index (χ4v) is 1.30. The largest absolute Gasteiger partial charge is 0.494 e. The molecule has 1 aromatic carbocycles. The molecule has 8 heteroatoms. The molecule has 0 radical (unpaired) electrons. The van der Waals surface area contributed by atoms with Gasteiger partial charge in [0.15, 0.2) is 17.6 Å². The number of hydrogen-bond acceptors (Lipinski definition) is 4. The topological polar surface area (TPSA) is 125 Å². The molecule has 5 N–H and O–H groups in total. The van der Waals surface area contributed by atoms with Crippen LogP contribution in [0.2, 0.25) is 0 Å². The molecule has 19 heavy (non-hydrogen) atoms. The van der Waals surface area contributed by atoms with Crippen LogP contribution >= 0.6 is 0 Å². The van der Waals surface area contributed by atoms with Gasteiger partial charge in [-0.25, -0.2) is 4.39 Å². The minimum Gasteiger partial charge on any atom is -0.494 e. The molecule has 1 aromatic rings. The summed E-state index contributed by atoms with van der Waals surface area (Å²) in [5, 5.41) is 2.00. The maximum absolute atomic E-state index is 13.4. The first-order valence-electron chi connectivity index (χ1n) is 5.10. The van der Waals surface area contributed by atoms with Gasteiger partial charge in [0.2, 0.25) is 11.8 Å². The lowest BCUT2D eigenvalue weighted by molar-refractivity contribution is -0.128. The molecule has 102 valence electrons. The first-order chi connectivity index (χ1) is 8.86. The fourth-order valence-electron chi connectivity index (χ4n) is 1.30. The highest BCUT2D eigenvalue weighted by atomic mass is 19.1. The van der Waals surface area contributed by atoms with Crippen LogP contribution in [0, 0.1) is 5.82 Å². The van der Waals surface area contributed by atoms with Gasteiger partial charge in [0.25, 0.3) is 5.91 Å². The molecule has 0 saturated heterocycles. The van der Waals surface area contributed by atoms with Crippen molar-refractivity contribution in [3.05, 3.63) is 29.6 Å². The van der Waals surface area contributed by atoms with Crippen molar-refractivity contribution in [1.82, 2.24) is 5.32 Å². The highest BCUT2D eigenvalue weighted by Crippen LogP contribution is 2.17. The van der Waals surface area contributed by atoms with Gasteiger partial charge in [-0.15, -0.1) is 0 Å². The molecule has 0 aromatic heterocycles. The fraction of sp³-hybridized carbons (Fsp3) is 0.182. The molecule has 3 amide bonds. The van der Waals surface area contributed by atoms with Crippen molar-refractivity contribution in [2.24, 2.45) is 11.5 Å². The van der Waals surface area contributed by atoms with E-state index >= 15 is 0 Å². The lowest BCUT2D eigenvalue weighted by Gasteiger charge is -2.12. The first-order valence-corrected chi connectivity index (χ1v) is 5.10. The van der Waals surface area contributed by atoms with Crippen LogP contribution < -0.4 is 21.5 Å². The monoisotopic (exact) mass is 269 g/mol. The van der Waals surface area contributed by atoms with Crippen LogP contribution in [-0.2, 0) is 9.59 Å². The summed E-state index contributed by atoms with van der Waals surface area (Å²) in [6.07, 6.45) is 0. The average molecular weight is 269 g/mol. The van der Waals surface area contributed by atoms with E-state index in [1.54, 1.807) is 0 Å². The second-order valence-electron chi connectivity index (χ2n) is 3.56. The summed E-state index contributed by atoms with van der Waals surface area (Å²) in [6, 6.07) is 1.73. The zero-order valence-corrected chi connectivity index (χ0v) is 9.98. The Hall–Kier alpha value is -2.64. The Labute approximate surface area is 107 Å². The number of benzene rings is 1. The van der Waals surface area contributed by atoms with Gasteiger partial charge in [0.05, 0.1) is 7.11 Å². The second kappa shape index (κ2) is 5.80. The lowest BCUT2D eigenvalue weighted by atomic mass is 10.1. The Bertz CT molecular complexity index is 519. The smallest absolute Gasteiger partial charge is 0.252 e. The van der Waals surface area contributed by atoms with Gasteiger partial charge in [0.1, 0.15) is 0 Å². The van der Waals surface area contributed by atoms with Crippen LogP contribution in [-0.4, -0.2) is 30.9 Å². The molecule has 0 spiro atoms. The molecule has 0 aliphatic carbocycles. The van der Waals surface area contributed by atoms with Crippen molar-refractivity contribution in [2.45, 2.75) is 6.04 Å². The number of rotatable bonds is 5. The summed E-state index contributed by atoms with van der Waals surface area (Å²) >= 11 is 0. The molecule has 7 nitrogen and oxygen atoms in total. The predicted molar refractivity (Wildman–Crippen MR) is 62.6 cm³/mol. The zero-order valence-electron chi connectivity index (χ0n) is 9.98. The van der Waals surface area contributed by atoms with Crippen molar-refractivity contribution >= 4 is 17.7 Å². The Balaban J connectivity index is 2.92. The van der Waals surface area contributed by atoms with Crippen molar-refractivity contribution in [2.75, 3.05) is 7.11 Å². The number of hydrogen-bond donors (Lipinski definition) is 3. The zero-order chi connectivity index (χ0) is 14.6. The van der Waals surface area contributed by atoms with Crippen molar-refractivity contribution in [3.8, 4) is 5.75 Å². The number of ether oxygens (including phenoxy) is 1. The van der Waals surface area contributed by atoms with E-state index in [4.69, 9.17) is 11.5 Å². The van der Waals surface area contributed by atoms with E-state index < -0.39 is 29.6 Å². The van der Waals surface area contributed by atoms with E-state index in [0.29, 0.717) is 0 Å². The number of nitrogens with two attached hydrogens (primary N) is 2. The Morgan fingerprint density at radius 3 is 2.26 bits per heavy atom. The molecule has 0 aliphatic heterocycles. The summed E-state index contributed by atoms with van der Waals surface area (Å²) in [5.41, 5.74) is 9.68. The Kier molecular flexibility index (Phi) is 4.41. The minimum atomic E-state index is -1.65. The Morgan fingerprint density at radius 1 is 1.26 bits per heavy atom. The van der Waals surface area contributed by atoms with E-state index in [-0.39, 0.29) is 11.3 Å². The van der Waals surface area contributed by atoms with Crippen molar-refractivity contribution < 1.29 is 23.5 Å². The number of nitrogens with one attached hydrogen (secondary N) is 1. The summed E-state index contributed by atoms with van der Waals surface area (Å²) in [4.78, 5) is 33.5. The van der Waals surface area contributed by atoms with Crippen LogP contribution in [0.5, 0.6) is 5.75 Å². The molecule has 0 bridgehead atoms. The minimum absolute atomic E-state index is 0.0436. The molecule has 0 aliphatic rings. The van der Waals surface area contributed by atoms with Gasteiger partial charge in [-0.2, -0.15) is 0 Å². The van der Waals surface area contributed by atoms with Crippen molar-refractivity contribution in [3.63, 3.8) is 0 Å². The molecule has 0 saturated carbocycles. The number of carbonyl (C=O) groups is 3. The summed E-state index contributed by atoms with van der Waals surface area (Å²) in [6.45, 7) is 0. The number of carbonyl (C=O) groups excluding carboxylic acids is 3. The average Bonchev–Trinajstić information content (AvgIpc) is 2.34. The standard InChI is InChI=1S/C11H12FN3O4/c1-19-7-3-2-5(4-6(7)12)11(18)15-8(9(13)16)10(14)17/h2-4,8H,1H3,(H2,13,16)(H2,14,17)(H,15,18). The quantitative estimate of drug-likeness (QED) is 0.587. The van der Waals surface area contributed by atoms with Crippen LogP contribution in [0.25, 0.3) is 0 Å². The van der Waals surface area contributed by atoms with Gasteiger partial charge >= 0.3 is 0 Å². The molecular weight excluding hydrogens is 257 g/mol. The van der Waals surface area contributed by atoms with Crippen LogP contribution in [0.1, 0.15) is 10.4 Å². The van der Waals surface area contributed by atoms with E-state index in [1.807, 2.05) is 5.32 Å². The number of amides is 3. The van der Waals surface area contributed by atoms with Gasteiger partial charge in [0, 0.05) is 5.56 Å². The van der Waals surface area contributed by atoms with Gasteiger partial charge in [-0.05, 0) is 18.2 Å². The SMILES string of the molecule is COc1ccc(C(=O)NC(C(N)=O)C(N)=O)cc1F. The molecule has 1 rings (SSSR count). The summed E-state index contributed by atoms with van der Waals surface area (Å²) in [7, 11) is 1.27. The van der Waals surface area contributed by atoms with Crippen molar-refractivity contribution in [1.29, 1.82) is 0 Å². The highest BCUT2D eigenvalue weighted by Gasteiger charge is 2.24. The first kappa shape index (κ1) is 14.4. The number of primary amides is 2. The predicted octanol–water partition coefficient (Wildman–Crippen LogP) is -1.10. The third-order valence-electron chi connectivity index (χ3n) is 2.26. The molecule has 0 heterocycles. The molecule has 0 fully saturated rings. The summed E-state index contributed by atoms with van der Waals surface area (Å²) < 4.78 is 18.1. The Morgan fingerprint density at radius 2 is 1.84 bits per heavy atom. The lowest BCUT2D eigenvalue weighted by Crippen LogP contribution is -2.52. The third-order valence-corrected chi connectivity index (χ3v) is 2.26. The molecular formula is C11H12FN3O4. The molecule has 0 unspecified atom stereocenters. The van der Waals surface area contributed by atoms with Gasteiger partial charge in [-0.1, -0.05) is 0 Å². The number of halogens is 1. The van der Waals surface area contributed by atoms with Gasteiger partial charge in [-0.3, -0.25) is 14.4 Å². The summed E-state index contributed by atoms with van der Waals surface area (Å²) in [5.74, 6) is -3.86. The van der Waals surface area contributed by atoms with Crippen LogP contribution in [0.4, 0.5) is 4.39 Å².